The molecule has 3 aromatic rings. The molecule has 0 bridgehead atoms. The van der Waals surface area contributed by atoms with Crippen molar-refractivity contribution in [2.75, 3.05) is 26.2 Å². The van der Waals surface area contributed by atoms with Gasteiger partial charge in [0.15, 0.2) is 0 Å². The fourth-order valence-corrected chi connectivity index (χ4v) is 5.17. The zero-order valence-corrected chi connectivity index (χ0v) is 18.7. The van der Waals surface area contributed by atoms with E-state index in [0.29, 0.717) is 43.3 Å². The predicted octanol–water partition coefficient (Wildman–Crippen LogP) is 2.46. The third-order valence-electron chi connectivity index (χ3n) is 5.57. The van der Waals surface area contributed by atoms with Crippen molar-refractivity contribution in [1.82, 2.24) is 4.31 Å². The van der Waals surface area contributed by atoms with Crippen molar-refractivity contribution < 1.29 is 17.7 Å². The number of hydrogen-bond donors (Lipinski definition) is 1. The van der Waals surface area contributed by atoms with Gasteiger partial charge in [-0.15, -0.1) is 0 Å². The smallest absolute Gasteiger partial charge is 0.336 e. The highest BCUT2D eigenvalue weighted by Crippen LogP contribution is 2.25. The van der Waals surface area contributed by atoms with Gasteiger partial charge in [-0.2, -0.15) is 4.31 Å². The van der Waals surface area contributed by atoms with E-state index >= 15 is 0 Å². The molecule has 1 aliphatic heterocycles. The molecule has 0 radical (unpaired) electrons. The van der Waals surface area contributed by atoms with Crippen LogP contribution in [0.1, 0.15) is 16.7 Å². The summed E-state index contributed by atoms with van der Waals surface area (Å²) in [7, 11) is -3.47. The van der Waals surface area contributed by atoms with Crippen LogP contribution in [0.25, 0.3) is 17.0 Å². The second-order valence-corrected chi connectivity index (χ2v) is 10.00. The molecule has 2 heterocycles. The van der Waals surface area contributed by atoms with Gasteiger partial charge < -0.3 is 9.32 Å². The molecule has 4 rings (SSSR count). The number of sulfonamides is 1. The fraction of sp³-hybridized carbons (Fsp3) is 0.261. The molecule has 8 heteroatoms. The Morgan fingerprint density at radius 1 is 1.13 bits per heavy atom. The van der Waals surface area contributed by atoms with Crippen LogP contribution >= 0.6 is 11.6 Å². The average molecular weight is 460 g/mol. The summed E-state index contributed by atoms with van der Waals surface area (Å²) in [5.74, 6) is 0. The van der Waals surface area contributed by atoms with Crippen molar-refractivity contribution >= 4 is 38.7 Å². The summed E-state index contributed by atoms with van der Waals surface area (Å²) >= 11 is 6.28. The van der Waals surface area contributed by atoms with Crippen LogP contribution in [0, 0.1) is 6.92 Å². The second kappa shape index (κ2) is 8.96. The predicted molar refractivity (Wildman–Crippen MR) is 123 cm³/mol. The Morgan fingerprint density at radius 2 is 1.84 bits per heavy atom. The van der Waals surface area contributed by atoms with Crippen LogP contribution in [-0.2, 0) is 16.6 Å². The lowest BCUT2D eigenvalue weighted by Crippen LogP contribution is -3.13. The molecule has 1 saturated heterocycles. The maximum Gasteiger partial charge on any atom is 0.336 e. The van der Waals surface area contributed by atoms with Crippen molar-refractivity contribution in [1.29, 1.82) is 0 Å². The summed E-state index contributed by atoms with van der Waals surface area (Å²) in [4.78, 5) is 13.2. The second-order valence-electron chi connectivity index (χ2n) is 7.77. The highest BCUT2D eigenvalue weighted by Gasteiger charge is 2.28. The molecule has 162 valence electrons. The van der Waals surface area contributed by atoms with Gasteiger partial charge in [0.1, 0.15) is 12.1 Å². The molecule has 0 aliphatic carbocycles. The quantitative estimate of drug-likeness (QED) is 0.595. The van der Waals surface area contributed by atoms with Crippen molar-refractivity contribution in [2.24, 2.45) is 0 Å². The number of nitrogens with one attached hydrogen (secondary N) is 1. The summed E-state index contributed by atoms with van der Waals surface area (Å²) in [5.41, 5.74) is 2.69. The van der Waals surface area contributed by atoms with E-state index in [1.54, 1.807) is 12.1 Å². The van der Waals surface area contributed by atoms with Crippen LogP contribution in [-0.4, -0.2) is 38.9 Å². The summed E-state index contributed by atoms with van der Waals surface area (Å²) in [6, 6.07) is 14.5. The van der Waals surface area contributed by atoms with E-state index in [9.17, 15) is 13.2 Å². The van der Waals surface area contributed by atoms with E-state index in [1.165, 1.54) is 20.7 Å². The first kappa shape index (κ1) is 21.8. The van der Waals surface area contributed by atoms with Crippen LogP contribution in [0.15, 0.2) is 63.2 Å². The average Bonchev–Trinajstić information content (AvgIpc) is 2.75. The molecule has 31 heavy (non-hydrogen) atoms. The Kier molecular flexibility index (Phi) is 6.29. The number of piperazine rings is 1. The van der Waals surface area contributed by atoms with Crippen LogP contribution in [0.5, 0.6) is 0 Å². The maximum absolute atomic E-state index is 12.7. The molecule has 1 aliphatic rings. The molecule has 0 atom stereocenters. The molecular formula is C23H24ClN2O4S+. The van der Waals surface area contributed by atoms with E-state index in [2.05, 4.69) is 0 Å². The normalized spacial score (nSPS) is 16.3. The molecule has 6 nitrogen and oxygen atoms in total. The minimum atomic E-state index is -3.47. The largest absolute Gasteiger partial charge is 0.423 e. The lowest BCUT2D eigenvalue weighted by Gasteiger charge is -2.31. The Labute approximate surface area is 186 Å². The van der Waals surface area contributed by atoms with Crippen LogP contribution in [0.3, 0.4) is 0 Å². The number of halogens is 1. The number of nitrogens with zero attached hydrogens (tertiary/aromatic N) is 1. The molecule has 2 aromatic carbocycles. The zero-order chi connectivity index (χ0) is 22.0. The number of hydrogen-bond acceptors (Lipinski definition) is 4. The van der Waals surface area contributed by atoms with Crippen molar-refractivity contribution in [3.8, 4) is 0 Å². The monoisotopic (exact) mass is 459 g/mol. The Balaban J connectivity index is 1.46. The number of rotatable bonds is 5. The molecule has 1 aromatic heterocycles. The van der Waals surface area contributed by atoms with Gasteiger partial charge in [-0.05, 0) is 36.3 Å². The SMILES string of the molecule is Cc1cc2oc(=O)cc(C[NH+]3CCN(S(=O)(=O)/C=C/c4ccccc4)CC3)c2cc1Cl. The standard InChI is InChI=1S/C23H23ClN2O4S/c1-17-13-22-20(15-21(17)24)19(14-23(27)30-22)16-25-8-10-26(11-9-25)31(28,29)12-7-18-5-3-2-4-6-18/h2-7,12-15H,8-11,16H2,1H3/p+1/b12-7+. The minimum absolute atomic E-state index is 0.393. The van der Waals surface area contributed by atoms with Gasteiger partial charge in [0.05, 0.1) is 26.2 Å². The summed E-state index contributed by atoms with van der Waals surface area (Å²) < 4.78 is 32.2. The topological polar surface area (TPSA) is 72.0 Å². The molecule has 0 spiro atoms. The molecule has 0 saturated carbocycles. The van der Waals surface area contributed by atoms with Crippen LogP contribution in [0.4, 0.5) is 0 Å². The lowest BCUT2D eigenvalue weighted by molar-refractivity contribution is -0.917. The van der Waals surface area contributed by atoms with E-state index in [-0.39, 0.29) is 0 Å². The minimum Gasteiger partial charge on any atom is -0.423 e. The summed E-state index contributed by atoms with van der Waals surface area (Å²) in [5, 5.41) is 2.72. The first-order valence-corrected chi connectivity index (χ1v) is 12.0. The number of benzene rings is 2. The maximum atomic E-state index is 12.7. The van der Waals surface area contributed by atoms with Gasteiger partial charge in [-0.25, -0.2) is 13.2 Å². The molecule has 1 N–H and O–H groups in total. The first-order valence-electron chi connectivity index (χ1n) is 10.1. The van der Waals surface area contributed by atoms with Crippen molar-refractivity contribution in [3.63, 3.8) is 0 Å². The van der Waals surface area contributed by atoms with Gasteiger partial charge >= 0.3 is 5.63 Å². The molecular weight excluding hydrogens is 436 g/mol. The third-order valence-corrected chi connectivity index (χ3v) is 7.54. The highest BCUT2D eigenvalue weighted by molar-refractivity contribution is 7.92. The first-order chi connectivity index (χ1) is 14.8. The van der Waals surface area contributed by atoms with Gasteiger partial charge in [0.25, 0.3) is 0 Å². The van der Waals surface area contributed by atoms with Crippen LogP contribution < -0.4 is 10.5 Å². The summed E-state index contributed by atoms with van der Waals surface area (Å²) in [6.07, 6.45) is 1.62. The highest BCUT2D eigenvalue weighted by atomic mass is 35.5. The van der Waals surface area contributed by atoms with Gasteiger partial charge in [-0.1, -0.05) is 41.9 Å². The van der Waals surface area contributed by atoms with Gasteiger partial charge in [0, 0.05) is 27.4 Å². The molecule has 0 unspecified atom stereocenters. The fourth-order valence-electron chi connectivity index (χ4n) is 3.81. The number of aryl methyl sites for hydroxylation is 1. The number of fused-ring (bicyclic) bond motifs is 1. The van der Waals surface area contributed by atoms with Crippen molar-refractivity contribution in [3.05, 3.63) is 86.1 Å². The van der Waals surface area contributed by atoms with Gasteiger partial charge in [0.2, 0.25) is 10.0 Å². The van der Waals surface area contributed by atoms with E-state index < -0.39 is 15.6 Å². The Morgan fingerprint density at radius 3 is 2.55 bits per heavy atom. The summed E-state index contributed by atoms with van der Waals surface area (Å²) in [6.45, 7) is 4.63. The van der Waals surface area contributed by atoms with Gasteiger partial charge in [-0.3, -0.25) is 0 Å². The van der Waals surface area contributed by atoms with Crippen LogP contribution in [0.2, 0.25) is 5.02 Å². The lowest BCUT2D eigenvalue weighted by atomic mass is 10.1. The number of quaternary nitrogens is 1. The molecule has 1 fully saturated rings. The van der Waals surface area contributed by atoms with E-state index in [1.807, 2.05) is 43.3 Å². The van der Waals surface area contributed by atoms with E-state index in [4.69, 9.17) is 16.0 Å². The Hall–Kier alpha value is -2.45. The third kappa shape index (κ3) is 5.07. The zero-order valence-electron chi connectivity index (χ0n) is 17.2. The van der Waals surface area contributed by atoms with Crippen molar-refractivity contribution in [2.45, 2.75) is 13.5 Å². The van der Waals surface area contributed by atoms with E-state index in [0.717, 1.165) is 22.1 Å². The Bertz CT molecular complexity index is 1280. The molecule has 0 amide bonds.